The first-order valence-electron chi connectivity index (χ1n) is 6.04. The van der Waals surface area contributed by atoms with Crippen LogP contribution < -0.4 is 10.1 Å². The van der Waals surface area contributed by atoms with Crippen molar-refractivity contribution in [3.63, 3.8) is 0 Å². The Hall–Kier alpha value is -1.66. The highest BCUT2D eigenvalue weighted by Crippen LogP contribution is 2.26. The summed E-state index contributed by atoms with van der Waals surface area (Å²) >= 11 is 6.18. The molecule has 0 fully saturated rings. The third kappa shape index (κ3) is 3.65. The van der Waals surface area contributed by atoms with Crippen molar-refractivity contribution in [2.45, 2.75) is 20.1 Å². The molecular weight excluding hydrogens is 266 g/mol. The van der Waals surface area contributed by atoms with Crippen molar-refractivity contribution in [3.8, 4) is 5.75 Å². The summed E-state index contributed by atoms with van der Waals surface area (Å²) in [5.74, 6) is 1.28. The van der Waals surface area contributed by atoms with Gasteiger partial charge in [-0.1, -0.05) is 24.6 Å². The van der Waals surface area contributed by atoms with Crippen LogP contribution in [-0.2, 0) is 20.2 Å². The first kappa shape index (κ1) is 13.8. The quantitative estimate of drug-likeness (QED) is 0.870. The lowest BCUT2D eigenvalue weighted by atomic mass is 10.2. The van der Waals surface area contributed by atoms with E-state index in [2.05, 4.69) is 20.7 Å². The molecule has 102 valence electrons. The van der Waals surface area contributed by atoms with Crippen LogP contribution in [0, 0.1) is 0 Å². The molecule has 0 unspecified atom stereocenters. The Morgan fingerprint density at radius 3 is 2.95 bits per heavy atom. The second kappa shape index (κ2) is 6.49. The van der Waals surface area contributed by atoms with Gasteiger partial charge in [-0.3, -0.25) is 0 Å². The monoisotopic (exact) mass is 281 g/mol. The lowest BCUT2D eigenvalue weighted by Crippen LogP contribution is -2.13. The van der Waals surface area contributed by atoms with Crippen molar-refractivity contribution in [2.75, 3.05) is 6.54 Å². The number of aryl methyl sites for hydroxylation is 1. The summed E-state index contributed by atoms with van der Waals surface area (Å²) in [6, 6.07) is 5.59. The zero-order chi connectivity index (χ0) is 13.7. The molecule has 7 heteroatoms. The number of ether oxygens (including phenoxy) is 1. The Kier molecular flexibility index (Phi) is 4.70. The van der Waals surface area contributed by atoms with Crippen molar-refractivity contribution in [1.82, 2.24) is 25.5 Å². The van der Waals surface area contributed by atoms with E-state index in [1.807, 2.05) is 25.1 Å². The van der Waals surface area contributed by atoms with Crippen LogP contribution in [0.2, 0.25) is 5.02 Å². The molecule has 6 nitrogen and oxygen atoms in total. The first-order valence-corrected chi connectivity index (χ1v) is 6.42. The van der Waals surface area contributed by atoms with E-state index in [9.17, 15) is 0 Å². The van der Waals surface area contributed by atoms with Crippen molar-refractivity contribution in [3.05, 3.63) is 34.6 Å². The predicted octanol–water partition coefficient (Wildman–Crippen LogP) is 1.55. The van der Waals surface area contributed by atoms with E-state index in [0.29, 0.717) is 17.4 Å². The van der Waals surface area contributed by atoms with Crippen molar-refractivity contribution in [1.29, 1.82) is 0 Å². The topological polar surface area (TPSA) is 64.9 Å². The average molecular weight is 282 g/mol. The van der Waals surface area contributed by atoms with Gasteiger partial charge in [0.05, 0.1) is 7.05 Å². The normalized spacial score (nSPS) is 10.7. The number of aromatic nitrogens is 4. The minimum atomic E-state index is 0.271. The largest absolute Gasteiger partial charge is 0.485 e. The molecule has 0 amide bonds. The number of halogens is 1. The van der Waals surface area contributed by atoms with Gasteiger partial charge in [0.15, 0.2) is 6.61 Å². The number of benzene rings is 1. The Morgan fingerprint density at radius 1 is 1.42 bits per heavy atom. The molecule has 2 rings (SSSR count). The van der Waals surface area contributed by atoms with Gasteiger partial charge in [0.25, 0.3) is 0 Å². The Bertz CT molecular complexity index is 543. The maximum absolute atomic E-state index is 6.18. The van der Waals surface area contributed by atoms with Crippen LogP contribution in [0.5, 0.6) is 5.75 Å². The summed E-state index contributed by atoms with van der Waals surface area (Å²) in [6.45, 7) is 3.85. The molecule has 1 N–H and O–H groups in total. The smallest absolute Gasteiger partial charge is 0.212 e. The molecule has 0 atom stereocenters. The maximum atomic E-state index is 6.18. The molecule has 0 saturated heterocycles. The molecule has 19 heavy (non-hydrogen) atoms. The van der Waals surface area contributed by atoms with E-state index in [4.69, 9.17) is 16.3 Å². The van der Waals surface area contributed by atoms with Crippen molar-refractivity contribution < 1.29 is 4.74 Å². The van der Waals surface area contributed by atoms with Crippen LogP contribution >= 0.6 is 11.6 Å². The van der Waals surface area contributed by atoms with Crippen LogP contribution in [-0.4, -0.2) is 26.8 Å². The molecule has 0 radical (unpaired) electrons. The molecule has 2 aromatic rings. The summed E-state index contributed by atoms with van der Waals surface area (Å²) in [7, 11) is 1.71. The minimum Gasteiger partial charge on any atom is -0.485 e. The van der Waals surface area contributed by atoms with Gasteiger partial charge in [0, 0.05) is 17.1 Å². The first-order chi connectivity index (χ1) is 9.20. The summed E-state index contributed by atoms with van der Waals surface area (Å²) < 4.78 is 5.71. The van der Waals surface area contributed by atoms with E-state index in [0.717, 1.165) is 17.9 Å². The summed E-state index contributed by atoms with van der Waals surface area (Å²) in [6.07, 6.45) is 0. The fourth-order valence-electron chi connectivity index (χ4n) is 1.62. The number of tetrazole rings is 1. The van der Waals surface area contributed by atoms with Crippen LogP contribution in [0.1, 0.15) is 18.3 Å². The number of rotatable bonds is 6. The molecule has 1 aromatic heterocycles. The Balaban J connectivity index is 2.08. The lowest BCUT2D eigenvalue weighted by Gasteiger charge is -2.12. The molecule has 0 aliphatic heterocycles. The van der Waals surface area contributed by atoms with E-state index >= 15 is 0 Å². The fourth-order valence-corrected chi connectivity index (χ4v) is 1.85. The zero-order valence-corrected chi connectivity index (χ0v) is 11.7. The van der Waals surface area contributed by atoms with Crippen LogP contribution in [0.25, 0.3) is 0 Å². The van der Waals surface area contributed by atoms with Gasteiger partial charge in [-0.2, -0.15) is 4.80 Å². The molecule has 1 aromatic carbocycles. The highest BCUT2D eigenvalue weighted by Gasteiger charge is 2.09. The number of nitrogens with one attached hydrogen (secondary N) is 1. The highest BCUT2D eigenvalue weighted by atomic mass is 35.5. The van der Waals surface area contributed by atoms with Crippen LogP contribution in [0.4, 0.5) is 0 Å². The van der Waals surface area contributed by atoms with Gasteiger partial charge in [0.1, 0.15) is 5.75 Å². The molecule has 1 heterocycles. The van der Waals surface area contributed by atoms with E-state index in [1.54, 1.807) is 7.05 Å². The van der Waals surface area contributed by atoms with Crippen molar-refractivity contribution >= 4 is 11.6 Å². The van der Waals surface area contributed by atoms with Crippen molar-refractivity contribution in [2.24, 2.45) is 7.05 Å². The number of hydrogen-bond donors (Lipinski definition) is 1. The van der Waals surface area contributed by atoms with E-state index in [1.165, 1.54) is 4.80 Å². The van der Waals surface area contributed by atoms with Crippen LogP contribution in [0.15, 0.2) is 18.2 Å². The SMILES string of the molecule is CCNCc1c(Cl)cccc1OCc1nnn(C)n1. The zero-order valence-electron chi connectivity index (χ0n) is 10.9. The molecule has 0 saturated carbocycles. The van der Waals surface area contributed by atoms with Gasteiger partial charge in [0.2, 0.25) is 5.82 Å². The summed E-state index contributed by atoms with van der Waals surface area (Å²) in [4.78, 5) is 1.40. The second-order valence-corrected chi connectivity index (χ2v) is 4.39. The maximum Gasteiger partial charge on any atom is 0.212 e. The standard InChI is InChI=1S/C12H16ClN5O/c1-3-14-7-9-10(13)5-4-6-11(9)19-8-12-15-17-18(2)16-12/h4-6,14H,3,7-8H2,1-2H3. The summed E-state index contributed by atoms with van der Waals surface area (Å²) in [5.41, 5.74) is 0.940. The number of hydrogen-bond acceptors (Lipinski definition) is 5. The van der Waals surface area contributed by atoms with E-state index in [-0.39, 0.29) is 6.61 Å². The molecule has 0 aliphatic carbocycles. The molecular formula is C12H16ClN5O. The Labute approximate surface area is 116 Å². The average Bonchev–Trinajstić information content (AvgIpc) is 2.81. The van der Waals surface area contributed by atoms with Gasteiger partial charge < -0.3 is 10.1 Å². The van der Waals surface area contributed by atoms with Gasteiger partial charge in [-0.25, -0.2) is 0 Å². The summed E-state index contributed by atoms with van der Waals surface area (Å²) in [5, 5.41) is 15.6. The highest BCUT2D eigenvalue weighted by molar-refractivity contribution is 6.31. The fraction of sp³-hybridized carbons (Fsp3) is 0.417. The Morgan fingerprint density at radius 2 is 2.26 bits per heavy atom. The third-order valence-corrected chi connectivity index (χ3v) is 2.89. The van der Waals surface area contributed by atoms with Gasteiger partial charge in [-0.15, -0.1) is 10.2 Å². The predicted molar refractivity (Wildman–Crippen MR) is 72.0 cm³/mol. The van der Waals surface area contributed by atoms with Gasteiger partial charge in [-0.05, 0) is 23.9 Å². The molecule has 0 spiro atoms. The van der Waals surface area contributed by atoms with E-state index < -0.39 is 0 Å². The number of nitrogens with zero attached hydrogens (tertiary/aromatic N) is 4. The molecule has 0 aliphatic rings. The second-order valence-electron chi connectivity index (χ2n) is 3.98. The minimum absolute atomic E-state index is 0.271. The van der Waals surface area contributed by atoms with Crippen LogP contribution in [0.3, 0.4) is 0 Å². The van der Waals surface area contributed by atoms with Gasteiger partial charge >= 0.3 is 0 Å². The third-order valence-electron chi connectivity index (χ3n) is 2.53. The molecule has 0 bridgehead atoms. The lowest BCUT2D eigenvalue weighted by molar-refractivity contribution is 0.291.